The molecule has 0 radical (unpaired) electrons. The molecule has 80 valence electrons. The number of hydrogen-bond donors (Lipinski definition) is 0. The van der Waals surface area contributed by atoms with Crippen molar-refractivity contribution in [3.8, 4) is 11.8 Å². The monoisotopic (exact) mass is 200 g/mol. The van der Waals surface area contributed by atoms with Crippen LogP contribution in [0.15, 0.2) is 30.3 Å². The third kappa shape index (κ3) is 3.80. The van der Waals surface area contributed by atoms with Crippen LogP contribution in [-0.2, 0) is 0 Å². The maximum atomic E-state index is 3.38. The summed E-state index contributed by atoms with van der Waals surface area (Å²) in [6, 6.07) is 10.2. The zero-order valence-corrected chi connectivity index (χ0v) is 10.2. The average Bonchev–Trinajstić information content (AvgIpc) is 2.18. The number of benzene rings is 1. The van der Waals surface area contributed by atoms with E-state index >= 15 is 0 Å². The third-order valence-corrected chi connectivity index (χ3v) is 2.62. The van der Waals surface area contributed by atoms with Crippen molar-refractivity contribution < 1.29 is 0 Å². The molecule has 0 heterocycles. The number of hydrogen-bond acceptors (Lipinski definition) is 0. The lowest BCUT2D eigenvalue weighted by Gasteiger charge is -2.24. The number of rotatable bonds is 1. The predicted octanol–water partition coefficient (Wildman–Crippen LogP) is 4.11. The first-order valence-electron chi connectivity index (χ1n) is 5.60. The van der Waals surface area contributed by atoms with Gasteiger partial charge in [-0.25, -0.2) is 0 Å². The van der Waals surface area contributed by atoms with Gasteiger partial charge in [0.1, 0.15) is 0 Å². The Morgan fingerprint density at radius 3 is 2.20 bits per heavy atom. The van der Waals surface area contributed by atoms with Gasteiger partial charge in [-0.3, -0.25) is 0 Å². The molecule has 0 aliphatic heterocycles. The van der Waals surface area contributed by atoms with E-state index in [9.17, 15) is 0 Å². The smallest absolute Gasteiger partial charge is 0.0252 e. The molecule has 1 atom stereocenters. The van der Waals surface area contributed by atoms with Gasteiger partial charge in [-0.15, -0.1) is 0 Å². The highest BCUT2D eigenvalue weighted by atomic mass is 14.2. The fourth-order valence-electron chi connectivity index (χ4n) is 1.62. The molecule has 15 heavy (non-hydrogen) atoms. The van der Waals surface area contributed by atoms with Gasteiger partial charge in [-0.2, -0.15) is 0 Å². The summed E-state index contributed by atoms with van der Waals surface area (Å²) in [5.74, 6) is 7.10. The van der Waals surface area contributed by atoms with E-state index in [1.165, 1.54) is 0 Å². The van der Waals surface area contributed by atoms with E-state index in [-0.39, 0.29) is 5.41 Å². The largest absolute Gasteiger partial charge is 0.0939 e. The highest BCUT2D eigenvalue weighted by Crippen LogP contribution is 2.27. The van der Waals surface area contributed by atoms with Crippen LogP contribution in [0.1, 0.15) is 39.7 Å². The van der Waals surface area contributed by atoms with Crippen molar-refractivity contribution in [2.24, 2.45) is 11.3 Å². The Morgan fingerprint density at radius 1 is 1.13 bits per heavy atom. The zero-order chi connectivity index (χ0) is 11.3. The third-order valence-electron chi connectivity index (χ3n) is 2.62. The van der Waals surface area contributed by atoms with E-state index in [0.717, 1.165) is 12.0 Å². The lowest BCUT2D eigenvalue weighted by Crippen LogP contribution is -2.17. The summed E-state index contributed by atoms with van der Waals surface area (Å²) in [6.07, 6.45) is 1.11. The standard InChI is InChI=1S/C15H20/c1-5-14(15(2,3)4)12-11-13-9-7-6-8-10-13/h6-10,14H,5H2,1-4H3. The maximum Gasteiger partial charge on any atom is 0.0252 e. The van der Waals surface area contributed by atoms with Crippen molar-refractivity contribution >= 4 is 0 Å². The SMILES string of the molecule is CCC(C#Cc1ccccc1)C(C)(C)C. The second-order valence-corrected chi connectivity index (χ2v) is 4.96. The van der Waals surface area contributed by atoms with Crippen LogP contribution in [0.3, 0.4) is 0 Å². The summed E-state index contributed by atoms with van der Waals surface area (Å²) in [5, 5.41) is 0. The molecule has 0 amide bonds. The highest BCUT2D eigenvalue weighted by molar-refractivity contribution is 5.34. The average molecular weight is 200 g/mol. The van der Waals surface area contributed by atoms with Crippen LogP contribution in [-0.4, -0.2) is 0 Å². The van der Waals surface area contributed by atoms with Crippen LogP contribution in [0, 0.1) is 23.2 Å². The fraction of sp³-hybridized carbons (Fsp3) is 0.467. The van der Waals surface area contributed by atoms with E-state index in [2.05, 4.69) is 51.7 Å². The van der Waals surface area contributed by atoms with Crippen LogP contribution in [0.5, 0.6) is 0 Å². The van der Waals surface area contributed by atoms with Crippen LogP contribution in [0.25, 0.3) is 0 Å². The van der Waals surface area contributed by atoms with Gasteiger partial charge in [0.25, 0.3) is 0 Å². The zero-order valence-electron chi connectivity index (χ0n) is 10.2. The summed E-state index contributed by atoms with van der Waals surface area (Å²) in [6.45, 7) is 8.96. The van der Waals surface area contributed by atoms with Crippen molar-refractivity contribution in [1.29, 1.82) is 0 Å². The van der Waals surface area contributed by atoms with Crippen molar-refractivity contribution in [3.05, 3.63) is 35.9 Å². The van der Waals surface area contributed by atoms with Gasteiger partial charge in [-0.1, -0.05) is 57.7 Å². The molecule has 0 saturated carbocycles. The lowest BCUT2D eigenvalue weighted by molar-refractivity contribution is 0.296. The molecule has 0 saturated heterocycles. The second kappa shape index (κ2) is 5.03. The van der Waals surface area contributed by atoms with Gasteiger partial charge in [0.15, 0.2) is 0 Å². The minimum Gasteiger partial charge on any atom is -0.0939 e. The van der Waals surface area contributed by atoms with E-state index in [1.807, 2.05) is 18.2 Å². The topological polar surface area (TPSA) is 0 Å². The highest BCUT2D eigenvalue weighted by Gasteiger charge is 2.20. The molecule has 1 unspecified atom stereocenters. The first kappa shape index (κ1) is 11.9. The normalized spacial score (nSPS) is 12.8. The molecule has 0 aliphatic carbocycles. The maximum absolute atomic E-state index is 3.38. The minimum atomic E-state index is 0.274. The van der Waals surface area contributed by atoms with Gasteiger partial charge < -0.3 is 0 Å². The van der Waals surface area contributed by atoms with Gasteiger partial charge in [0.2, 0.25) is 0 Å². The molecule has 0 N–H and O–H groups in total. The Morgan fingerprint density at radius 2 is 1.73 bits per heavy atom. The Bertz CT molecular complexity index is 343. The molecular formula is C15H20. The van der Waals surface area contributed by atoms with Crippen molar-refractivity contribution in [3.63, 3.8) is 0 Å². The van der Waals surface area contributed by atoms with Gasteiger partial charge in [0.05, 0.1) is 0 Å². The van der Waals surface area contributed by atoms with Crippen LogP contribution >= 0.6 is 0 Å². The molecular weight excluding hydrogens is 180 g/mol. The molecule has 1 rings (SSSR count). The van der Waals surface area contributed by atoms with Crippen LogP contribution in [0.2, 0.25) is 0 Å². The summed E-state index contributed by atoms with van der Waals surface area (Å²) in [7, 11) is 0. The van der Waals surface area contributed by atoms with Gasteiger partial charge in [0, 0.05) is 11.5 Å². The van der Waals surface area contributed by atoms with E-state index in [1.54, 1.807) is 0 Å². The minimum absolute atomic E-state index is 0.274. The fourth-order valence-corrected chi connectivity index (χ4v) is 1.62. The summed E-state index contributed by atoms with van der Waals surface area (Å²) in [5.41, 5.74) is 1.39. The lowest BCUT2D eigenvalue weighted by atomic mass is 9.79. The Labute approximate surface area is 93.7 Å². The van der Waals surface area contributed by atoms with E-state index < -0.39 is 0 Å². The Hall–Kier alpha value is -1.22. The molecule has 0 aliphatic rings. The molecule has 0 nitrogen and oxygen atoms in total. The Kier molecular flexibility index (Phi) is 3.97. The molecule has 0 aromatic heterocycles. The molecule has 0 fully saturated rings. The molecule has 1 aromatic rings. The first-order valence-corrected chi connectivity index (χ1v) is 5.60. The summed E-state index contributed by atoms with van der Waals surface area (Å²) >= 11 is 0. The van der Waals surface area contributed by atoms with Crippen molar-refractivity contribution in [2.45, 2.75) is 34.1 Å². The second-order valence-electron chi connectivity index (χ2n) is 4.96. The van der Waals surface area contributed by atoms with Crippen molar-refractivity contribution in [1.82, 2.24) is 0 Å². The predicted molar refractivity (Wildman–Crippen MR) is 66.6 cm³/mol. The van der Waals surface area contributed by atoms with Gasteiger partial charge >= 0.3 is 0 Å². The molecule has 0 bridgehead atoms. The molecule has 1 aromatic carbocycles. The van der Waals surface area contributed by atoms with Crippen LogP contribution < -0.4 is 0 Å². The van der Waals surface area contributed by atoms with Gasteiger partial charge in [-0.05, 0) is 24.0 Å². The van der Waals surface area contributed by atoms with Crippen LogP contribution in [0.4, 0.5) is 0 Å². The molecule has 0 heteroatoms. The van der Waals surface area contributed by atoms with E-state index in [4.69, 9.17) is 0 Å². The first-order chi connectivity index (χ1) is 7.04. The Balaban J connectivity index is 2.80. The summed E-state index contributed by atoms with van der Waals surface area (Å²) in [4.78, 5) is 0. The molecule has 0 spiro atoms. The van der Waals surface area contributed by atoms with E-state index in [0.29, 0.717) is 5.92 Å². The quantitative estimate of drug-likeness (QED) is 0.598. The summed E-state index contributed by atoms with van der Waals surface area (Å²) < 4.78 is 0. The van der Waals surface area contributed by atoms with Crippen molar-refractivity contribution in [2.75, 3.05) is 0 Å².